The number of hydrogen-bond acceptors (Lipinski definition) is 3. The lowest BCUT2D eigenvalue weighted by molar-refractivity contribution is 0.247. The molecule has 3 N–H and O–H groups in total. The fraction of sp³-hybridized carbons (Fsp3) is 0.500. The maximum Gasteiger partial charge on any atom is 0.343 e. The van der Waals surface area contributed by atoms with Gasteiger partial charge in [-0.25, -0.2) is 9.59 Å². The molecule has 0 aromatic heterocycles. The Morgan fingerprint density at radius 3 is 2.23 bits per heavy atom. The van der Waals surface area contributed by atoms with Crippen LogP contribution in [0.4, 0.5) is 9.59 Å². The second-order valence-corrected chi connectivity index (χ2v) is 2.68. The molecule has 7 heteroatoms. The molecule has 13 heavy (non-hydrogen) atoms. The number of nitrogens with zero attached hydrogens (tertiary/aromatic N) is 1. The van der Waals surface area contributed by atoms with Crippen LogP contribution in [0.5, 0.6) is 0 Å². The molecule has 0 aromatic carbocycles. The molecule has 4 amide bonds. The molecule has 0 heterocycles. The van der Waals surface area contributed by atoms with Gasteiger partial charge in [0.1, 0.15) is 0 Å². The first kappa shape index (κ1) is 11.8. The first-order chi connectivity index (χ1) is 6.13. The Hall–Kier alpha value is -1.24. The molecule has 0 aliphatic rings. The minimum Gasteiger partial charge on any atom is -0.341 e. The number of carbonyl (C=O) groups is 2. The molecule has 0 aliphatic heterocycles. The van der Waals surface area contributed by atoms with E-state index in [1.54, 1.807) is 6.26 Å². The van der Waals surface area contributed by atoms with E-state index in [-0.39, 0.29) is 5.17 Å². The topological polar surface area (TPSA) is 82.6 Å². The van der Waals surface area contributed by atoms with Crippen molar-refractivity contribution in [3.05, 3.63) is 0 Å². The highest BCUT2D eigenvalue weighted by Crippen LogP contribution is 1.94. The first-order valence-electron chi connectivity index (χ1n) is 3.47. The van der Waals surface area contributed by atoms with Gasteiger partial charge in [-0.1, -0.05) is 11.8 Å². The van der Waals surface area contributed by atoms with Crippen LogP contribution >= 0.6 is 11.8 Å². The van der Waals surface area contributed by atoms with Crippen LogP contribution in [0.1, 0.15) is 0 Å². The molecule has 0 fully saturated rings. The summed E-state index contributed by atoms with van der Waals surface area (Å²) < 4.78 is 0. The summed E-state index contributed by atoms with van der Waals surface area (Å²) in [4.78, 5) is 25.1. The smallest absolute Gasteiger partial charge is 0.341 e. The van der Waals surface area contributed by atoms with Crippen molar-refractivity contribution in [1.82, 2.24) is 16.0 Å². The summed E-state index contributed by atoms with van der Waals surface area (Å²) in [6, 6.07) is -0.905. The monoisotopic (exact) mass is 204 g/mol. The largest absolute Gasteiger partial charge is 0.343 e. The zero-order valence-corrected chi connectivity index (χ0v) is 8.49. The third-order valence-electron chi connectivity index (χ3n) is 1.06. The van der Waals surface area contributed by atoms with Crippen LogP contribution in [0.3, 0.4) is 0 Å². The fourth-order valence-corrected chi connectivity index (χ4v) is 0.801. The van der Waals surface area contributed by atoms with Crippen molar-refractivity contribution in [2.24, 2.45) is 4.99 Å². The summed E-state index contributed by atoms with van der Waals surface area (Å²) in [7, 11) is 2.94. The van der Waals surface area contributed by atoms with Crippen LogP contribution in [0, 0.1) is 0 Å². The summed E-state index contributed by atoms with van der Waals surface area (Å²) in [5.74, 6) is 0. The van der Waals surface area contributed by atoms with E-state index in [0.717, 1.165) is 0 Å². The SMILES string of the molecule is CNC(=O)N=C(NC(=O)NC)SC. The summed E-state index contributed by atoms with van der Waals surface area (Å²) in [5.41, 5.74) is 0. The maximum atomic E-state index is 10.8. The van der Waals surface area contributed by atoms with Gasteiger partial charge in [-0.3, -0.25) is 5.32 Å². The molecule has 74 valence electrons. The third-order valence-corrected chi connectivity index (χ3v) is 1.64. The normalized spacial score (nSPS) is 10.5. The predicted molar refractivity (Wildman–Crippen MR) is 53.0 cm³/mol. The number of carbonyl (C=O) groups excluding carboxylic acids is 2. The minimum atomic E-state index is -0.499. The summed E-state index contributed by atoms with van der Waals surface area (Å²) in [6.45, 7) is 0. The zero-order valence-electron chi connectivity index (χ0n) is 7.67. The molecule has 0 aliphatic carbocycles. The Labute approximate surface area is 80.6 Å². The van der Waals surface area contributed by atoms with Crippen LogP contribution in [0.25, 0.3) is 0 Å². The standard InChI is InChI=1S/C6H12N4O2S/c1-7-4(11)9-6(13-3)10-5(12)8-2/h1-3H3,(H3,7,8,9,10,11,12). The van der Waals surface area contributed by atoms with E-state index < -0.39 is 12.1 Å². The molecular formula is C6H12N4O2S. The lowest BCUT2D eigenvalue weighted by Gasteiger charge is -2.03. The van der Waals surface area contributed by atoms with Crippen LogP contribution in [-0.2, 0) is 0 Å². The second kappa shape index (κ2) is 6.30. The Kier molecular flexibility index (Phi) is 5.69. The highest BCUT2D eigenvalue weighted by atomic mass is 32.2. The Morgan fingerprint density at radius 2 is 1.85 bits per heavy atom. The van der Waals surface area contributed by atoms with E-state index in [1.807, 2.05) is 0 Å². The van der Waals surface area contributed by atoms with Gasteiger partial charge in [0, 0.05) is 14.1 Å². The van der Waals surface area contributed by atoms with Crippen molar-refractivity contribution in [2.45, 2.75) is 0 Å². The average Bonchev–Trinajstić information content (AvgIpc) is 2.16. The van der Waals surface area contributed by atoms with Crippen molar-refractivity contribution < 1.29 is 9.59 Å². The first-order valence-corrected chi connectivity index (χ1v) is 4.69. The van der Waals surface area contributed by atoms with Gasteiger partial charge in [-0.2, -0.15) is 4.99 Å². The van der Waals surface area contributed by atoms with Gasteiger partial charge in [0.05, 0.1) is 0 Å². The number of hydrogen-bond donors (Lipinski definition) is 3. The van der Waals surface area contributed by atoms with E-state index in [9.17, 15) is 9.59 Å². The molecule has 0 bridgehead atoms. The average molecular weight is 204 g/mol. The molecular weight excluding hydrogens is 192 g/mol. The van der Waals surface area contributed by atoms with Crippen LogP contribution < -0.4 is 16.0 Å². The van der Waals surface area contributed by atoms with E-state index in [1.165, 1.54) is 25.9 Å². The molecule has 0 radical (unpaired) electrons. The summed E-state index contributed by atoms with van der Waals surface area (Å²) >= 11 is 1.17. The third kappa shape index (κ3) is 5.07. The molecule has 6 nitrogen and oxygen atoms in total. The number of aliphatic imine (C=N–C) groups is 1. The van der Waals surface area contributed by atoms with Crippen LogP contribution in [-0.4, -0.2) is 37.6 Å². The number of thioether (sulfide) groups is 1. The van der Waals surface area contributed by atoms with E-state index in [2.05, 4.69) is 20.9 Å². The number of amidine groups is 1. The summed E-state index contributed by atoms with van der Waals surface area (Å²) in [6.07, 6.45) is 1.71. The zero-order chi connectivity index (χ0) is 10.3. The van der Waals surface area contributed by atoms with Gasteiger partial charge in [0.2, 0.25) is 0 Å². The van der Waals surface area contributed by atoms with Crippen LogP contribution in [0.2, 0.25) is 0 Å². The number of amides is 4. The van der Waals surface area contributed by atoms with Gasteiger partial charge in [-0.15, -0.1) is 0 Å². The fourth-order valence-electron chi connectivity index (χ4n) is 0.432. The number of nitrogens with one attached hydrogen (secondary N) is 3. The minimum absolute atomic E-state index is 0.249. The Bertz CT molecular complexity index is 229. The second-order valence-electron chi connectivity index (χ2n) is 1.88. The molecule has 0 spiro atoms. The van der Waals surface area contributed by atoms with Crippen molar-refractivity contribution in [2.75, 3.05) is 20.4 Å². The van der Waals surface area contributed by atoms with Gasteiger partial charge in [-0.05, 0) is 6.26 Å². The maximum absolute atomic E-state index is 10.8. The lowest BCUT2D eigenvalue weighted by Crippen LogP contribution is -2.36. The van der Waals surface area contributed by atoms with Crippen molar-refractivity contribution in [3.8, 4) is 0 Å². The van der Waals surface area contributed by atoms with E-state index in [4.69, 9.17) is 0 Å². The van der Waals surface area contributed by atoms with E-state index in [0.29, 0.717) is 0 Å². The quantitative estimate of drug-likeness (QED) is 0.383. The van der Waals surface area contributed by atoms with Gasteiger partial charge in [0.25, 0.3) is 0 Å². The molecule has 0 unspecified atom stereocenters. The molecule has 0 aromatic rings. The Morgan fingerprint density at radius 1 is 1.23 bits per heavy atom. The van der Waals surface area contributed by atoms with Crippen molar-refractivity contribution in [3.63, 3.8) is 0 Å². The van der Waals surface area contributed by atoms with Crippen molar-refractivity contribution in [1.29, 1.82) is 0 Å². The Balaban J connectivity index is 4.25. The molecule has 0 rings (SSSR count). The summed E-state index contributed by atoms with van der Waals surface area (Å²) in [5, 5.41) is 7.29. The highest BCUT2D eigenvalue weighted by molar-refractivity contribution is 8.13. The van der Waals surface area contributed by atoms with Gasteiger partial charge >= 0.3 is 12.1 Å². The van der Waals surface area contributed by atoms with Gasteiger partial charge in [0.15, 0.2) is 5.17 Å². The molecule has 0 atom stereocenters. The van der Waals surface area contributed by atoms with Crippen LogP contribution in [0.15, 0.2) is 4.99 Å². The number of urea groups is 2. The van der Waals surface area contributed by atoms with Gasteiger partial charge < -0.3 is 10.6 Å². The van der Waals surface area contributed by atoms with E-state index >= 15 is 0 Å². The molecule has 0 saturated heterocycles. The lowest BCUT2D eigenvalue weighted by atomic mass is 10.9. The number of rotatable bonds is 0. The highest BCUT2D eigenvalue weighted by Gasteiger charge is 2.03. The van der Waals surface area contributed by atoms with Crippen molar-refractivity contribution >= 4 is 29.0 Å². The molecule has 0 saturated carbocycles. The predicted octanol–water partition coefficient (Wildman–Crippen LogP) is -0.0262.